The number of aliphatic hydroxyl groups is 1. The van der Waals surface area contributed by atoms with E-state index >= 15 is 0 Å². The average molecular weight is 148 g/mol. The summed E-state index contributed by atoms with van der Waals surface area (Å²) in [6.45, 7) is 3.69. The summed E-state index contributed by atoms with van der Waals surface area (Å²) < 4.78 is 8.24. The molecule has 0 fully saturated rings. The first-order chi connectivity index (χ1) is 4.72. The highest BCUT2D eigenvalue weighted by molar-refractivity contribution is 5.73. The number of esters is 1. The van der Waals surface area contributed by atoms with E-state index in [1.165, 1.54) is 6.92 Å². The lowest BCUT2D eigenvalue weighted by molar-refractivity contribution is -1.05. The second-order valence-corrected chi connectivity index (χ2v) is 1.93. The van der Waals surface area contributed by atoms with E-state index in [0.29, 0.717) is 6.61 Å². The maximum absolute atomic E-state index is 9.76. The molecule has 1 atom stereocenters. The molecule has 60 valence electrons. The lowest BCUT2D eigenvalue weighted by Gasteiger charge is -1.97. The molecule has 0 aliphatic rings. The quantitative estimate of drug-likeness (QED) is 0.245. The minimum atomic E-state index is -0.955. The summed E-state index contributed by atoms with van der Waals surface area (Å²) >= 11 is 0. The van der Waals surface area contributed by atoms with E-state index in [9.17, 15) is 5.26 Å². The average Bonchev–Trinajstić information content (AvgIpc) is 1.89. The third-order valence-corrected chi connectivity index (χ3v) is 0.872. The molecule has 4 heteroatoms. The van der Waals surface area contributed by atoms with Crippen LogP contribution in [0.15, 0.2) is 0 Å². The minimum absolute atomic E-state index is 0.262. The summed E-state index contributed by atoms with van der Waals surface area (Å²) in [5.41, 5.74) is 0. The standard InChI is InChI=1S/C6H12O4/c1-3-4-9-6(10-8)5(2)7/h5,7H,3-4H2,1-2H3. The molecular formula is C6H12O4. The van der Waals surface area contributed by atoms with Crippen LogP contribution in [-0.4, -0.2) is 23.8 Å². The zero-order valence-electron chi connectivity index (χ0n) is 6.16. The van der Waals surface area contributed by atoms with Gasteiger partial charge in [-0.1, -0.05) is 6.92 Å². The first-order valence-electron chi connectivity index (χ1n) is 3.19. The molecule has 0 saturated carbocycles. The molecule has 0 radical (unpaired) electrons. The van der Waals surface area contributed by atoms with Gasteiger partial charge in [0.15, 0.2) is 6.61 Å². The Labute approximate surface area is 59.7 Å². The van der Waals surface area contributed by atoms with Crippen LogP contribution in [0.3, 0.4) is 0 Å². The van der Waals surface area contributed by atoms with Gasteiger partial charge >= 0.3 is 5.97 Å². The SMILES string of the molecule is CCCOC(=[O+][O-])C(C)O. The van der Waals surface area contributed by atoms with Crippen molar-refractivity contribution in [3.63, 3.8) is 0 Å². The molecule has 0 aromatic heterocycles. The third-order valence-electron chi connectivity index (χ3n) is 0.872. The summed E-state index contributed by atoms with van der Waals surface area (Å²) in [5.74, 6) is -0.262. The van der Waals surface area contributed by atoms with Gasteiger partial charge in [-0.2, -0.15) is 0 Å². The molecule has 0 saturated heterocycles. The predicted molar refractivity (Wildman–Crippen MR) is 32.9 cm³/mol. The summed E-state index contributed by atoms with van der Waals surface area (Å²) in [4.78, 5) is 0. The minimum Gasteiger partial charge on any atom is -0.588 e. The molecule has 0 amide bonds. The molecule has 0 aliphatic heterocycles. The molecule has 0 rings (SSSR count). The van der Waals surface area contributed by atoms with Gasteiger partial charge in [0.25, 0.3) is 0 Å². The monoisotopic (exact) mass is 148 g/mol. The third kappa shape index (κ3) is 3.29. The number of rotatable bonds is 3. The Balaban J connectivity index is 3.63. The topological polar surface area (TPSA) is 63.8 Å². The second-order valence-electron chi connectivity index (χ2n) is 1.93. The van der Waals surface area contributed by atoms with E-state index in [1.54, 1.807) is 0 Å². The molecular weight excluding hydrogens is 136 g/mol. The molecule has 1 unspecified atom stereocenters. The van der Waals surface area contributed by atoms with Crippen molar-refractivity contribution >= 4 is 5.97 Å². The Morgan fingerprint density at radius 1 is 1.80 bits per heavy atom. The maximum Gasteiger partial charge on any atom is 0.526 e. The lowest BCUT2D eigenvalue weighted by atomic mass is 10.4. The molecule has 4 nitrogen and oxygen atoms in total. The van der Waals surface area contributed by atoms with Crippen molar-refractivity contribution in [2.75, 3.05) is 6.61 Å². The van der Waals surface area contributed by atoms with Crippen molar-refractivity contribution in [2.45, 2.75) is 26.4 Å². The smallest absolute Gasteiger partial charge is 0.526 e. The number of ether oxygens (including phenoxy) is 1. The zero-order chi connectivity index (χ0) is 7.98. The zero-order valence-corrected chi connectivity index (χ0v) is 6.16. The van der Waals surface area contributed by atoms with Gasteiger partial charge in [-0.05, 0) is 6.92 Å². The largest absolute Gasteiger partial charge is 0.588 e. The molecule has 0 aliphatic carbocycles. The van der Waals surface area contributed by atoms with E-state index in [1.807, 2.05) is 6.92 Å². The first-order valence-corrected chi connectivity index (χ1v) is 3.19. The highest BCUT2D eigenvalue weighted by Gasteiger charge is 2.19. The summed E-state index contributed by atoms with van der Waals surface area (Å²) in [7, 11) is 0. The van der Waals surface area contributed by atoms with E-state index in [4.69, 9.17) is 9.84 Å². The molecule has 0 aromatic carbocycles. The van der Waals surface area contributed by atoms with Gasteiger partial charge in [0, 0.05) is 6.42 Å². The number of aliphatic hydroxyl groups excluding tert-OH is 1. The fourth-order valence-electron chi connectivity index (χ4n) is 0.417. The van der Waals surface area contributed by atoms with E-state index in [0.717, 1.165) is 6.42 Å². The van der Waals surface area contributed by atoms with E-state index in [-0.39, 0.29) is 5.97 Å². The Kier molecular flexibility index (Phi) is 4.66. The van der Waals surface area contributed by atoms with Crippen molar-refractivity contribution in [2.24, 2.45) is 0 Å². The van der Waals surface area contributed by atoms with Crippen LogP contribution in [0.5, 0.6) is 0 Å². The molecule has 0 aromatic rings. The van der Waals surface area contributed by atoms with Crippen LogP contribution in [0, 0.1) is 0 Å². The van der Waals surface area contributed by atoms with Gasteiger partial charge < -0.3 is 15.1 Å². The lowest BCUT2D eigenvalue weighted by Crippen LogP contribution is -2.25. The molecule has 0 bridgehead atoms. The Hall–Kier alpha value is -0.770. The van der Waals surface area contributed by atoms with Crippen molar-refractivity contribution < 1.29 is 19.7 Å². The van der Waals surface area contributed by atoms with Crippen LogP contribution < -0.4 is 5.26 Å². The number of carbonyl (C=O) groups excluding carboxylic acids is 1. The van der Waals surface area contributed by atoms with Crippen LogP contribution >= 0.6 is 0 Å². The Bertz CT molecular complexity index is 108. The fraction of sp³-hybridized carbons (Fsp3) is 0.833. The van der Waals surface area contributed by atoms with Gasteiger partial charge in [0.1, 0.15) is 0 Å². The van der Waals surface area contributed by atoms with Crippen molar-refractivity contribution in [3.05, 3.63) is 0 Å². The van der Waals surface area contributed by atoms with Crippen LogP contribution in [0.4, 0.5) is 0 Å². The summed E-state index contributed by atoms with van der Waals surface area (Å²) in [5, 5.41) is 18.5. The molecule has 10 heavy (non-hydrogen) atoms. The van der Waals surface area contributed by atoms with E-state index < -0.39 is 6.10 Å². The fourth-order valence-corrected chi connectivity index (χ4v) is 0.417. The Morgan fingerprint density at radius 2 is 2.40 bits per heavy atom. The normalized spacial score (nSPS) is 14.9. The van der Waals surface area contributed by atoms with Gasteiger partial charge in [-0.15, -0.1) is 0 Å². The second kappa shape index (κ2) is 5.05. The molecule has 0 spiro atoms. The van der Waals surface area contributed by atoms with Crippen molar-refractivity contribution in [1.29, 1.82) is 0 Å². The Morgan fingerprint density at radius 3 is 2.70 bits per heavy atom. The molecule has 0 heterocycles. The van der Waals surface area contributed by atoms with Crippen molar-refractivity contribution in [3.8, 4) is 0 Å². The van der Waals surface area contributed by atoms with E-state index in [2.05, 4.69) is 4.58 Å². The van der Waals surface area contributed by atoms with Crippen molar-refractivity contribution in [1.82, 2.24) is 0 Å². The summed E-state index contributed by atoms with van der Waals surface area (Å²) in [6.07, 6.45) is -0.177. The summed E-state index contributed by atoms with van der Waals surface area (Å²) in [6, 6.07) is 0. The van der Waals surface area contributed by atoms with Crippen LogP contribution in [-0.2, 0) is 9.31 Å². The predicted octanol–water partition coefficient (Wildman–Crippen LogP) is -0.869. The maximum atomic E-state index is 9.76. The van der Waals surface area contributed by atoms with Crippen LogP contribution in [0.2, 0.25) is 0 Å². The van der Waals surface area contributed by atoms with Gasteiger partial charge in [0.05, 0.1) is 0 Å². The van der Waals surface area contributed by atoms with Gasteiger partial charge in [-0.3, -0.25) is 4.58 Å². The number of hydrogen-bond acceptors (Lipinski definition) is 3. The number of hydrogen-bond donors (Lipinski definition) is 1. The van der Waals surface area contributed by atoms with Gasteiger partial charge in [0.2, 0.25) is 6.10 Å². The molecule has 1 N–H and O–H groups in total. The van der Waals surface area contributed by atoms with Gasteiger partial charge in [-0.25, -0.2) is 0 Å². The van der Waals surface area contributed by atoms with Crippen LogP contribution in [0.25, 0.3) is 0 Å². The first kappa shape index (κ1) is 9.23. The highest BCUT2D eigenvalue weighted by atomic mass is 17.1. The highest BCUT2D eigenvalue weighted by Crippen LogP contribution is 1.88. The van der Waals surface area contributed by atoms with Crippen LogP contribution in [0.1, 0.15) is 20.3 Å².